The van der Waals surface area contributed by atoms with Gasteiger partial charge in [0.2, 0.25) is 0 Å². The molecule has 0 bridgehead atoms. The van der Waals surface area contributed by atoms with E-state index in [1.165, 1.54) is 19.3 Å². The Morgan fingerprint density at radius 2 is 2.06 bits per heavy atom. The second-order valence-corrected chi connectivity index (χ2v) is 4.91. The van der Waals surface area contributed by atoms with Crippen molar-refractivity contribution in [2.75, 3.05) is 0 Å². The minimum atomic E-state index is 0.184. The minimum absolute atomic E-state index is 0.184. The first-order valence-electron chi connectivity index (χ1n) is 5.87. The topological polar surface area (TPSA) is 34.9 Å². The molecule has 0 saturated heterocycles. The second kappa shape index (κ2) is 6.84. The van der Waals surface area contributed by atoms with E-state index in [-0.39, 0.29) is 5.78 Å². The molecule has 0 N–H and O–H groups in total. The summed E-state index contributed by atoms with van der Waals surface area (Å²) in [7, 11) is 1.80. The molecule has 0 spiro atoms. The van der Waals surface area contributed by atoms with E-state index in [1.54, 1.807) is 17.9 Å². The molecule has 0 fully saturated rings. The standard InChI is InChI=1S/C12H19BrN2O/c1-3-4-5-6-7-8-11(16)12-10(13)9-14-15(12)2/h9H,3-8H2,1-2H3. The number of ketones is 1. The smallest absolute Gasteiger partial charge is 0.182 e. The van der Waals surface area contributed by atoms with E-state index >= 15 is 0 Å². The van der Waals surface area contributed by atoms with Crippen LogP contribution in [0.4, 0.5) is 0 Å². The highest BCUT2D eigenvalue weighted by molar-refractivity contribution is 9.10. The van der Waals surface area contributed by atoms with Gasteiger partial charge in [0.15, 0.2) is 5.78 Å². The summed E-state index contributed by atoms with van der Waals surface area (Å²) in [4.78, 5) is 11.9. The van der Waals surface area contributed by atoms with E-state index in [9.17, 15) is 4.79 Å². The fraction of sp³-hybridized carbons (Fsp3) is 0.667. The van der Waals surface area contributed by atoms with Crippen molar-refractivity contribution in [3.05, 3.63) is 16.4 Å². The molecular formula is C12H19BrN2O. The lowest BCUT2D eigenvalue weighted by Gasteiger charge is -2.02. The lowest BCUT2D eigenvalue weighted by atomic mass is 10.1. The van der Waals surface area contributed by atoms with Crippen LogP contribution < -0.4 is 0 Å². The van der Waals surface area contributed by atoms with Crippen LogP contribution in [0.2, 0.25) is 0 Å². The number of Topliss-reactive ketones (excluding diaryl/α,β-unsaturated/α-hetero) is 1. The van der Waals surface area contributed by atoms with E-state index in [0.29, 0.717) is 12.1 Å². The van der Waals surface area contributed by atoms with Gasteiger partial charge < -0.3 is 0 Å². The van der Waals surface area contributed by atoms with E-state index in [0.717, 1.165) is 17.3 Å². The van der Waals surface area contributed by atoms with Crippen LogP contribution in [0, 0.1) is 0 Å². The fourth-order valence-corrected chi connectivity index (χ4v) is 2.30. The van der Waals surface area contributed by atoms with Crippen molar-refractivity contribution >= 4 is 21.7 Å². The van der Waals surface area contributed by atoms with Crippen LogP contribution in [0.15, 0.2) is 10.7 Å². The molecule has 0 saturated carbocycles. The average Bonchev–Trinajstić information content (AvgIpc) is 2.58. The van der Waals surface area contributed by atoms with Crippen LogP contribution >= 0.6 is 15.9 Å². The normalized spacial score (nSPS) is 10.7. The van der Waals surface area contributed by atoms with Crippen LogP contribution in [0.3, 0.4) is 0 Å². The van der Waals surface area contributed by atoms with Gasteiger partial charge >= 0.3 is 0 Å². The Labute approximate surface area is 105 Å². The summed E-state index contributed by atoms with van der Waals surface area (Å²) in [6.45, 7) is 2.19. The van der Waals surface area contributed by atoms with Gasteiger partial charge in [-0.3, -0.25) is 9.48 Å². The van der Waals surface area contributed by atoms with Crippen LogP contribution in [0.1, 0.15) is 55.9 Å². The summed E-state index contributed by atoms with van der Waals surface area (Å²) in [6.07, 6.45) is 8.17. The SMILES string of the molecule is CCCCCCCC(=O)c1c(Br)cnn1C. The number of unbranched alkanes of at least 4 members (excludes halogenated alkanes) is 4. The van der Waals surface area contributed by atoms with Crippen molar-refractivity contribution < 1.29 is 4.79 Å². The van der Waals surface area contributed by atoms with Gasteiger partial charge in [0.25, 0.3) is 0 Å². The first-order chi connectivity index (χ1) is 7.66. The summed E-state index contributed by atoms with van der Waals surface area (Å²) < 4.78 is 2.44. The number of carbonyl (C=O) groups excluding carboxylic acids is 1. The van der Waals surface area contributed by atoms with Gasteiger partial charge in [0.1, 0.15) is 5.69 Å². The summed E-state index contributed by atoms with van der Waals surface area (Å²) in [5.74, 6) is 0.184. The number of aryl methyl sites for hydroxylation is 1. The maximum Gasteiger partial charge on any atom is 0.182 e. The van der Waals surface area contributed by atoms with Gasteiger partial charge in [-0.25, -0.2) is 0 Å². The molecule has 1 aromatic heterocycles. The number of aromatic nitrogens is 2. The average molecular weight is 287 g/mol. The Bertz CT molecular complexity index is 327. The number of nitrogens with zero attached hydrogens (tertiary/aromatic N) is 2. The molecule has 0 aliphatic heterocycles. The molecule has 0 radical (unpaired) electrons. The molecule has 1 rings (SSSR count). The predicted octanol–water partition coefficient (Wildman–Crippen LogP) is 3.73. The third-order valence-corrected chi connectivity index (χ3v) is 3.25. The Morgan fingerprint density at radius 3 is 2.62 bits per heavy atom. The highest BCUT2D eigenvalue weighted by Crippen LogP contribution is 2.18. The maximum absolute atomic E-state index is 11.9. The molecule has 16 heavy (non-hydrogen) atoms. The predicted molar refractivity (Wildman–Crippen MR) is 68.6 cm³/mol. The van der Waals surface area contributed by atoms with E-state index < -0.39 is 0 Å². The van der Waals surface area contributed by atoms with Crippen molar-refractivity contribution in [3.8, 4) is 0 Å². The largest absolute Gasteiger partial charge is 0.292 e. The molecule has 0 aliphatic rings. The molecule has 0 atom stereocenters. The number of carbonyl (C=O) groups is 1. The van der Waals surface area contributed by atoms with Crippen LogP contribution in [0.5, 0.6) is 0 Å². The highest BCUT2D eigenvalue weighted by atomic mass is 79.9. The third-order valence-electron chi connectivity index (χ3n) is 2.67. The van der Waals surface area contributed by atoms with Crippen molar-refractivity contribution in [2.24, 2.45) is 7.05 Å². The molecule has 0 aromatic carbocycles. The molecule has 1 heterocycles. The Kier molecular flexibility index (Phi) is 5.74. The summed E-state index contributed by atoms with van der Waals surface area (Å²) in [5.41, 5.74) is 0.690. The zero-order valence-corrected chi connectivity index (χ0v) is 11.6. The van der Waals surface area contributed by atoms with Gasteiger partial charge in [-0.1, -0.05) is 32.6 Å². The minimum Gasteiger partial charge on any atom is -0.292 e. The second-order valence-electron chi connectivity index (χ2n) is 4.05. The Balaban J connectivity index is 2.36. The van der Waals surface area contributed by atoms with Gasteiger partial charge in [0.05, 0.1) is 10.7 Å². The first-order valence-corrected chi connectivity index (χ1v) is 6.66. The lowest BCUT2D eigenvalue weighted by molar-refractivity contribution is 0.0969. The molecule has 4 heteroatoms. The van der Waals surface area contributed by atoms with Crippen molar-refractivity contribution in [1.82, 2.24) is 9.78 Å². The third kappa shape index (κ3) is 3.74. The van der Waals surface area contributed by atoms with Gasteiger partial charge in [-0.05, 0) is 22.4 Å². The summed E-state index contributed by atoms with van der Waals surface area (Å²) >= 11 is 3.35. The van der Waals surface area contributed by atoms with Gasteiger partial charge in [0, 0.05) is 13.5 Å². The highest BCUT2D eigenvalue weighted by Gasteiger charge is 2.14. The van der Waals surface area contributed by atoms with E-state index in [2.05, 4.69) is 28.0 Å². The van der Waals surface area contributed by atoms with Gasteiger partial charge in [-0.15, -0.1) is 0 Å². The number of hydrogen-bond donors (Lipinski definition) is 0. The monoisotopic (exact) mass is 286 g/mol. The fourth-order valence-electron chi connectivity index (χ4n) is 1.73. The molecule has 3 nitrogen and oxygen atoms in total. The Hall–Kier alpha value is -0.640. The number of halogens is 1. The zero-order chi connectivity index (χ0) is 12.0. The van der Waals surface area contributed by atoms with Crippen molar-refractivity contribution in [2.45, 2.75) is 45.4 Å². The first kappa shape index (κ1) is 13.4. The molecule has 0 unspecified atom stereocenters. The van der Waals surface area contributed by atoms with E-state index in [1.807, 2.05) is 0 Å². The van der Waals surface area contributed by atoms with E-state index in [4.69, 9.17) is 0 Å². The zero-order valence-electron chi connectivity index (χ0n) is 10.0. The quantitative estimate of drug-likeness (QED) is 0.566. The number of rotatable bonds is 7. The lowest BCUT2D eigenvalue weighted by Crippen LogP contribution is -2.07. The maximum atomic E-state index is 11.9. The molecule has 0 aliphatic carbocycles. The number of hydrogen-bond acceptors (Lipinski definition) is 2. The molecule has 90 valence electrons. The van der Waals surface area contributed by atoms with Crippen LogP contribution in [-0.4, -0.2) is 15.6 Å². The molecule has 1 aromatic rings. The summed E-state index contributed by atoms with van der Waals surface area (Å²) in [6, 6.07) is 0. The Morgan fingerprint density at radius 1 is 1.38 bits per heavy atom. The summed E-state index contributed by atoms with van der Waals surface area (Å²) in [5, 5.41) is 4.04. The van der Waals surface area contributed by atoms with Crippen LogP contribution in [0.25, 0.3) is 0 Å². The molecule has 0 amide bonds. The molecular weight excluding hydrogens is 268 g/mol. The van der Waals surface area contributed by atoms with Crippen molar-refractivity contribution in [1.29, 1.82) is 0 Å². The van der Waals surface area contributed by atoms with Crippen molar-refractivity contribution in [3.63, 3.8) is 0 Å². The van der Waals surface area contributed by atoms with Crippen LogP contribution in [-0.2, 0) is 7.05 Å². The van der Waals surface area contributed by atoms with Gasteiger partial charge in [-0.2, -0.15) is 5.10 Å².